The number of anilines is 1. The van der Waals surface area contributed by atoms with E-state index in [1.54, 1.807) is 0 Å². The Balaban J connectivity index is 2.07. The molecular weight excluding hydrogens is 298 g/mol. The summed E-state index contributed by atoms with van der Waals surface area (Å²) in [5, 5.41) is 2.23. The predicted molar refractivity (Wildman–Crippen MR) is 89.8 cm³/mol. The maximum absolute atomic E-state index is 11.6. The zero-order chi connectivity index (χ0) is 16.0. The van der Waals surface area contributed by atoms with E-state index in [4.69, 9.17) is 0 Å². The van der Waals surface area contributed by atoms with Crippen LogP contribution in [0, 0.1) is 0 Å². The van der Waals surface area contributed by atoms with E-state index in [-0.39, 0.29) is 13.0 Å². The van der Waals surface area contributed by atoms with E-state index in [0.717, 1.165) is 17.7 Å². The molecule has 0 spiro atoms. The Morgan fingerprint density at radius 2 is 1.73 bits per heavy atom. The van der Waals surface area contributed by atoms with Crippen molar-refractivity contribution in [3.05, 3.63) is 65.7 Å². The van der Waals surface area contributed by atoms with E-state index < -0.39 is 15.4 Å². The third-order valence-electron chi connectivity index (χ3n) is 3.60. The average Bonchev–Trinajstić information content (AvgIpc) is 2.51. The molecule has 2 aromatic carbocycles. The number of aryl methyl sites for hydroxylation is 1. The quantitative estimate of drug-likeness (QED) is 0.769. The van der Waals surface area contributed by atoms with Crippen molar-refractivity contribution in [1.82, 2.24) is 0 Å². The molecule has 1 atom stereocenters. The summed E-state index contributed by atoms with van der Waals surface area (Å²) < 4.78 is 32.6. The first kappa shape index (κ1) is 16.5. The highest BCUT2D eigenvalue weighted by Crippen LogP contribution is 2.14. The molecule has 1 unspecified atom stereocenters. The first-order valence-electron chi connectivity index (χ1n) is 7.32. The van der Waals surface area contributed by atoms with Gasteiger partial charge in [0.15, 0.2) is 0 Å². The summed E-state index contributed by atoms with van der Waals surface area (Å²) in [4.78, 5) is 0. The van der Waals surface area contributed by atoms with Gasteiger partial charge in [0.2, 0.25) is 0 Å². The summed E-state index contributed by atoms with van der Waals surface area (Å²) in [5.74, 6) is 0. The first-order valence-corrected chi connectivity index (χ1v) is 8.82. The van der Waals surface area contributed by atoms with Crippen molar-refractivity contribution in [2.75, 3.05) is 11.9 Å². The molecule has 0 aliphatic rings. The summed E-state index contributed by atoms with van der Waals surface area (Å²) in [5.41, 5.74) is 2.92. The summed E-state index contributed by atoms with van der Waals surface area (Å²) in [6.07, 6.45) is 1.20. The van der Waals surface area contributed by atoms with Gasteiger partial charge < -0.3 is 5.32 Å². The molecule has 0 aliphatic heterocycles. The van der Waals surface area contributed by atoms with Gasteiger partial charge in [-0.3, -0.25) is 4.55 Å². The second-order valence-electron chi connectivity index (χ2n) is 5.26. The lowest BCUT2D eigenvalue weighted by Gasteiger charge is -2.16. The van der Waals surface area contributed by atoms with E-state index >= 15 is 0 Å². The van der Waals surface area contributed by atoms with Crippen LogP contribution in [0.5, 0.6) is 0 Å². The maximum atomic E-state index is 11.6. The van der Waals surface area contributed by atoms with Crippen molar-refractivity contribution in [2.45, 2.75) is 25.0 Å². The molecule has 0 saturated heterocycles. The summed E-state index contributed by atoms with van der Waals surface area (Å²) in [6.45, 7) is 2.23. The van der Waals surface area contributed by atoms with Gasteiger partial charge in [-0.1, -0.05) is 49.4 Å². The largest absolute Gasteiger partial charge is 0.384 e. The molecule has 0 aromatic heterocycles. The Morgan fingerprint density at radius 1 is 1.05 bits per heavy atom. The highest BCUT2D eigenvalue weighted by molar-refractivity contribution is 7.86. The molecule has 0 saturated carbocycles. The molecular formula is C17H21NO3S. The zero-order valence-corrected chi connectivity index (χ0v) is 13.4. The number of nitrogens with one attached hydrogen (secondary N) is 1. The highest BCUT2D eigenvalue weighted by atomic mass is 32.2. The third kappa shape index (κ3) is 4.86. The molecule has 2 rings (SSSR count). The molecule has 2 aromatic rings. The van der Waals surface area contributed by atoms with Crippen LogP contribution < -0.4 is 5.32 Å². The van der Waals surface area contributed by atoms with Gasteiger partial charge >= 0.3 is 0 Å². The monoisotopic (exact) mass is 319 g/mol. The number of rotatable bonds is 7. The van der Waals surface area contributed by atoms with Crippen LogP contribution >= 0.6 is 0 Å². The summed E-state index contributed by atoms with van der Waals surface area (Å²) in [6, 6.07) is 17.1. The lowest BCUT2D eigenvalue weighted by atomic mass is 10.1. The van der Waals surface area contributed by atoms with Crippen LogP contribution in [0.1, 0.15) is 18.1 Å². The molecule has 0 heterocycles. The minimum Gasteiger partial charge on any atom is -0.384 e. The topological polar surface area (TPSA) is 66.4 Å². The van der Waals surface area contributed by atoms with E-state index in [0.29, 0.717) is 0 Å². The first-order chi connectivity index (χ1) is 10.5. The van der Waals surface area contributed by atoms with Crippen molar-refractivity contribution in [1.29, 1.82) is 0 Å². The van der Waals surface area contributed by atoms with E-state index in [2.05, 4.69) is 12.2 Å². The van der Waals surface area contributed by atoms with Crippen LogP contribution in [-0.2, 0) is 23.0 Å². The molecule has 0 radical (unpaired) electrons. The maximum Gasteiger partial charge on any atom is 0.269 e. The Morgan fingerprint density at radius 3 is 2.36 bits per heavy atom. The molecule has 2 N–H and O–H groups in total. The van der Waals surface area contributed by atoms with Gasteiger partial charge in [0.25, 0.3) is 10.1 Å². The molecule has 0 bridgehead atoms. The minimum atomic E-state index is -4.11. The molecule has 22 heavy (non-hydrogen) atoms. The Bertz CT molecular complexity index is 699. The molecule has 0 fully saturated rings. The second kappa shape index (κ2) is 7.42. The lowest BCUT2D eigenvalue weighted by molar-refractivity contribution is 0.467. The van der Waals surface area contributed by atoms with Gasteiger partial charge in [0.1, 0.15) is 5.25 Å². The Hall–Kier alpha value is -1.85. The van der Waals surface area contributed by atoms with Crippen molar-refractivity contribution < 1.29 is 13.0 Å². The van der Waals surface area contributed by atoms with Crippen LogP contribution in [0.4, 0.5) is 5.69 Å². The molecule has 0 amide bonds. The van der Waals surface area contributed by atoms with Crippen LogP contribution in [0.3, 0.4) is 0 Å². The molecule has 4 nitrogen and oxygen atoms in total. The summed E-state index contributed by atoms with van der Waals surface area (Å²) >= 11 is 0. The molecule has 5 heteroatoms. The minimum absolute atomic E-state index is 0.168. The lowest BCUT2D eigenvalue weighted by Crippen LogP contribution is -2.30. The van der Waals surface area contributed by atoms with Crippen LogP contribution in [0.15, 0.2) is 54.6 Å². The van der Waals surface area contributed by atoms with E-state index in [1.165, 1.54) is 5.56 Å². The Labute approximate surface area is 131 Å². The Kier molecular flexibility index (Phi) is 5.57. The fourth-order valence-electron chi connectivity index (χ4n) is 2.29. The third-order valence-corrected chi connectivity index (χ3v) is 4.77. The number of hydrogen-bond acceptors (Lipinski definition) is 3. The van der Waals surface area contributed by atoms with Crippen LogP contribution in [0.25, 0.3) is 0 Å². The summed E-state index contributed by atoms with van der Waals surface area (Å²) in [7, 11) is -4.11. The van der Waals surface area contributed by atoms with Gasteiger partial charge in [0.05, 0.1) is 0 Å². The van der Waals surface area contributed by atoms with E-state index in [9.17, 15) is 13.0 Å². The van der Waals surface area contributed by atoms with Crippen LogP contribution in [-0.4, -0.2) is 24.8 Å². The van der Waals surface area contributed by atoms with Crippen molar-refractivity contribution in [2.24, 2.45) is 0 Å². The second-order valence-corrected chi connectivity index (χ2v) is 6.96. The van der Waals surface area contributed by atoms with Crippen molar-refractivity contribution in [3.63, 3.8) is 0 Å². The zero-order valence-electron chi connectivity index (χ0n) is 12.6. The average molecular weight is 319 g/mol. The number of benzene rings is 2. The van der Waals surface area contributed by atoms with E-state index in [1.807, 2.05) is 54.6 Å². The molecule has 118 valence electrons. The van der Waals surface area contributed by atoms with Gasteiger partial charge in [-0.2, -0.15) is 8.42 Å². The van der Waals surface area contributed by atoms with Gasteiger partial charge in [-0.05, 0) is 36.1 Å². The molecule has 0 aliphatic carbocycles. The predicted octanol–water partition coefficient (Wildman–Crippen LogP) is 3.16. The van der Waals surface area contributed by atoms with Crippen LogP contribution in [0.2, 0.25) is 0 Å². The van der Waals surface area contributed by atoms with Crippen molar-refractivity contribution >= 4 is 15.8 Å². The smallest absolute Gasteiger partial charge is 0.269 e. The normalized spacial score (nSPS) is 12.8. The highest BCUT2D eigenvalue weighted by Gasteiger charge is 2.23. The fraction of sp³-hybridized carbons (Fsp3) is 0.294. The van der Waals surface area contributed by atoms with Gasteiger partial charge in [-0.15, -0.1) is 0 Å². The van der Waals surface area contributed by atoms with Gasteiger partial charge in [0, 0.05) is 12.2 Å². The van der Waals surface area contributed by atoms with Gasteiger partial charge in [-0.25, -0.2) is 0 Å². The standard InChI is InChI=1S/C17H21NO3S/c1-2-14-9-6-10-16(11-14)18-13-17(22(19,20)21)12-15-7-4-3-5-8-15/h3-11,17-18H,2,12-13H2,1H3,(H,19,20,21). The number of hydrogen-bond donors (Lipinski definition) is 2. The fourth-order valence-corrected chi connectivity index (χ4v) is 2.99. The SMILES string of the molecule is CCc1cccc(NCC(Cc2ccccc2)S(=O)(=O)O)c1. The van der Waals surface area contributed by atoms with Crippen molar-refractivity contribution in [3.8, 4) is 0 Å².